The van der Waals surface area contributed by atoms with E-state index in [9.17, 15) is 38.4 Å². The lowest BCUT2D eigenvalue weighted by Crippen LogP contribution is -2.69. The molecule has 0 saturated heterocycles. The minimum absolute atomic E-state index is 0.186. The minimum atomic E-state index is -0.515. The van der Waals surface area contributed by atoms with Crippen LogP contribution in [0.5, 0.6) is 0 Å². The van der Waals surface area contributed by atoms with Crippen LogP contribution in [0, 0.1) is 43.3 Å². The highest BCUT2D eigenvalue weighted by molar-refractivity contribution is 5.93. The van der Waals surface area contributed by atoms with Crippen LogP contribution in [0.15, 0.2) is 48.6 Å². The minimum Gasteiger partial charge on any atom is -0.465 e. The van der Waals surface area contributed by atoms with Crippen LogP contribution in [0.2, 0.25) is 0 Å². The molecule has 12 aliphatic carbocycles. The van der Waals surface area contributed by atoms with E-state index in [0.717, 1.165) is 154 Å². The average molecular weight is 1170 g/mol. The number of hydrogen-bond acceptors (Lipinski definition) is 16. The van der Waals surface area contributed by atoms with Crippen molar-refractivity contribution in [2.45, 2.75) is 231 Å². The first-order valence-electron chi connectivity index (χ1n) is 32.7. The van der Waals surface area contributed by atoms with Gasteiger partial charge in [0.25, 0.3) is 0 Å². The third kappa shape index (κ3) is 14.4. The van der Waals surface area contributed by atoms with Gasteiger partial charge >= 0.3 is 47.8 Å². The molecular formula is C68H96O16. The lowest BCUT2D eigenvalue weighted by atomic mass is 9.35. The molecule has 0 aromatic rings. The molecule has 0 unspecified atom stereocenters. The Bertz CT molecular complexity index is 1910. The summed E-state index contributed by atoms with van der Waals surface area (Å²) in [6.45, 7) is 3.03. The fraction of sp³-hybridized carbons (Fsp3) is 0.765. The number of carbonyl (C=O) groups is 8. The van der Waals surface area contributed by atoms with Gasteiger partial charge in [-0.1, -0.05) is 48.6 Å². The lowest BCUT2D eigenvalue weighted by molar-refractivity contribution is -0.237. The van der Waals surface area contributed by atoms with Gasteiger partial charge < -0.3 is 37.9 Å². The maximum atomic E-state index is 12.9. The third-order valence-electron chi connectivity index (χ3n) is 20.2. The quantitative estimate of drug-likeness (QED) is 0.125. The monoisotopic (exact) mass is 1170 g/mol. The Morgan fingerprint density at radius 2 is 0.286 bits per heavy atom. The van der Waals surface area contributed by atoms with E-state index >= 15 is 0 Å². The molecule has 12 fully saturated rings. The molecule has 0 aromatic carbocycles. The highest BCUT2D eigenvalue weighted by Gasteiger charge is 2.79. The van der Waals surface area contributed by atoms with Gasteiger partial charge in [0.1, 0.15) is 0 Å². The molecule has 0 aromatic heterocycles. The highest BCUT2D eigenvalue weighted by Crippen LogP contribution is 2.76. The van der Waals surface area contributed by atoms with Crippen LogP contribution in [-0.4, -0.2) is 101 Å². The molecule has 0 spiro atoms. The van der Waals surface area contributed by atoms with Crippen molar-refractivity contribution in [1.82, 2.24) is 0 Å². The molecule has 16 nitrogen and oxygen atoms in total. The first-order chi connectivity index (χ1) is 40.7. The van der Waals surface area contributed by atoms with E-state index in [1.165, 1.54) is 0 Å². The van der Waals surface area contributed by atoms with Gasteiger partial charge in [-0.2, -0.15) is 0 Å². The standard InChI is InChI=1S/C68H96O16/c69-53-61-41-63(42-61,43-61)55(71)79-35-27-19-11-3-4-13-21-29-37-81-57(73)65-47-67(48-65,49-65)59(75)83-39-31-23-15-7-8-16-24-32-40-84-60(76)68-50-66(51-68,52-68)58(74)82-38-30-22-14-6-5-12-20-28-36-80-56(72)64-44-62(45-64,46-64)54(70)78-34-26-18-10-2-1-9-17-25-33-77-53/h1-8H,9-52H2. The van der Waals surface area contributed by atoms with E-state index in [0.29, 0.717) is 130 Å². The Morgan fingerprint density at radius 3 is 0.393 bits per heavy atom. The summed E-state index contributed by atoms with van der Waals surface area (Å²) >= 11 is 0. The van der Waals surface area contributed by atoms with Gasteiger partial charge in [-0.15, -0.1) is 0 Å². The summed E-state index contributed by atoms with van der Waals surface area (Å²) in [6, 6.07) is 0. The second-order valence-electron chi connectivity index (χ2n) is 27.3. The van der Waals surface area contributed by atoms with Crippen molar-refractivity contribution < 1.29 is 76.3 Å². The summed E-state index contributed by atoms with van der Waals surface area (Å²) in [5, 5.41) is 0. The maximum Gasteiger partial charge on any atom is 0.312 e. The first kappa shape index (κ1) is 63.2. The molecule has 17 heterocycles. The third-order valence-corrected chi connectivity index (χ3v) is 20.2. The Labute approximate surface area is 498 Å². The van der Waals surface area contributed by atoms with Crippen LogP contribution >= 0.6 is 0 Å². The molecule has 16 heteroatoms. The zero-order valence-electron chi connectivity index (χ0n) is 50.3. The van der Waals surface area contributed by atoms with Crippen LogP contribution in [0.3, 0.4) is 0 Å². The smallest absolute Gasteiger partial charge is 0.312 e. The van der Waals surface area contributed by atoms with Crippen molar-refractivity contribution in [2.75, 3.05) is 52.9 Å². The van der Waals surface area contributed by atoms with Gasteiger partial charge in [0.2, 0.25) is 0 Å². The molecule has 29 rings (SSSR count). The topological polar surface area (TPSA) is 210 Å². The summed E-state index contributed by atoms with van der Waals surface area (Å²) in [6.07, 6.45) is 44.1. The molecule has 17 aliphatic heterocycles. The van der Waals surface area contributed by atoms with E-state index in [2.05, 4.69) is 48.6 Å². The normalized spacial score (nSPS) is 37.5. The second kappa shape index (κ2) is 28.5. The number of carbonyl (C=O) groups excluding carboxylic acids is 8. The Kier molecular flexibility index (Phi) is 21.4. The number of hydrogen-bond donors (Lipinski definition) is 0. The maximum absolute atomic E-state index is 12.9. The van der Waals surface area contributed by atoms with Gasteiger partial charge in [0, 0.05) is 0 Å². The van der Waals surface area contributed by atoms with Crippen LogP contribution in [0.1, 0.15) is 231 Å². The van der Waals surface area contributed by atoms with E-state index in [1.807, 2.05) is 0 Å². The zero-order valence-corrected chi connectivity index (χ0v) is 50.3. The summed E-state index contributed by atoms with van der Waals surface area (Å²) in [4.78, 5) is 103. The van der Waals surface area contributed by atoms with Crippen molar-refractivity contribution in [3.8, 4) is 0 Å². The van der Waals surface area contributed by atoms with Crippen LogP contribution < -0.4 is 0 Å². The van der Waals surface area contributed by atoms with Crippen LogP contribution in [0.4, 0.5) is 0 Å². The number of rotatable bonds is 0. The number of esters is 8. The Balaban J connectivity index is 0.608. The Hall–Kier alpha value is -5.28. The summed E-state index contributed by atoms with van der Waals surface area (Å²) < 4.78 is 45.0. The van der Waals surface area contributed by atoms with Crippen molar-refractivity contribution in [3.63, 3.8) is 0 Å². The van der Waals surface area contributed by atoms with Gasteiger partial charge in [-0.05, 0) is 231 Å². The van der Waals surface area contributed by atoms with Gasteiger partial charge in [-0.3, -0.25) is 38.4 Å². The van der Waals surface area contributed by atoms with Crippen molar-refractivity contribution in [1.29, 1.82) is 0 Å². The number of allylic oxidation sites excluding steroid dienone is 8. The average Bonchev–Trinajstić information content (AvgIpc) is 0.712. The molecule has 0 radical (unpaired) electrons. The molecule has 29 aliphatic rings. The molecular weight excluding hydrogens is 1070 g/mol. The van der Waals surface area contributed by atoms with E-state index in [-0.39, 0.29) is 47.8 Å². The molecule has 464 valence electrons. The SMILES string of the molecule is O=C1OCCCCC=CCCCCOC(=O)C23CC(C2)(C3)C(=O)OCCCCC=CCCCCOC(=O)C23CC(C2)(C3)C(=O)OCCCCC=CCCCCOC(=O)C23CC(C2)(C3)C(=O)OCCCCC=CCCCCOC(=O)C23CC1(C2)C3. The fourth-order valence-corrected chi connectivity index (χ4v) is 15.3. The zero-order chi connectivity index (χ0) is 59.0. The Morgan fingerprint density at radius 1 is 0.179 bits per heavy atom. The second-order valence-corrected chi connectivity index (χ2v) is 27.3. The van der Waals surface area contributed by atoms with Crippen LogP contribution in [0.25, 0.3) is 0 Å². The molecule has 84 heavy (non-hydrogen) atoms. The molecule has 12 saturated carbocycles. The molecule has 0 amide bonds. The molecule has 8 bridgehead atoms. The van der Waals surface area contributed by atoms with E-state index in [1.54, 1.807) is 0 Å². The molecule has 0 N–H and O–H groups in total. The van der Waals surface area contributed by atoms with Crippen molar-refractivity contribution >= 4 is 47.8 Å². The predicted molar refractivity (Wildman–Crippen MR) is 310 cm³/mol. The predicted octanol–water partition coefficient (Wildman–Crippen LogP) is 12.6. The van der Waals surface area contributed by atoms with Crippen molar-refractivity contribution in [2.24, 2.45) is 43.3 Å². The van der Waals surface area contributed by atoms with E-state index < -0.39 is 43.3 Å². The summed E-state index contributed by atoms with van der Waals surface area (Å²) in [7, 11) is 0. The fourth-order valence-electron chi connectivity index (χ4n) is 15.3. The van der Waals surface area contributed by atoms with E-state index in [4.69, 9.17) is 37.9 Å². The van der Waals surface area contributed by atoms with Crippen LogP contribution in [-0.2, 0) is 76.3 Å². The molecule has 0 atom stereocenters. The number of ether oxygens (including phenoxy) is 8. The summed E-state index contributed by atoms with van der Waals surface area (Å²) in [5.74, 6) is -1.49. The van der Waals surface area contributed by atoms with Crippen molar-refractivity contribution in [3.05, 3.63) is 48.6 Å². The van der Waals surface area contributed by atoms with Gasteiger partial charge in [0.15, 0.2) is 0 Å². The summed E-state index contributed by atoms with van der Waals surface area (Å²) in [5.41, 5.74) is -4.12. The highest BCUT2D eigenvalue weighted by atomic mass is 16.6. The van der Waals surface area contributed by atoms with Gasteiger partial charge in [0.05, 0.1) is 96.2 Å². The van der Waals surface area contributed by atoms with Gasteiger partial charge in [-0.25, -0.2) is 0 Å². The first-order valence-corrected chi connectivity index (χ1v) is 32.7. The lowest BCUT2D eigenvalue weighted by Gasteiger charge is -2.66. The largest absolute Gasteiger partial charge is 0.465 e.